The van der Waals surface area contributed by atoms with Crippen molar-refractivity contribution >= 4 is 34.8 Å². The molecule has 1 aromatic rings. The molecule has 86 valence electrons. The number of hydrogen-bond donors (Lipinski definition) is 1. The molecule has 0 saturated heterocycles. The molecule has 16 heavy (non-hydrogen) atoms. The molecule has 5 heteroatoms. The number of benzene rings is 1. The van der Waals surface area contributed by atoms with Gasteiger partial charge in [-0.05, 0) is 31.0 Å². The molecule has 1 N–H and O–H groups in total. The summed E-state index contributed by atoms with van der Waals surface area (Å²) >= 11 is 11.9. The van der Waals surface area contributed by atoms with E-state index in [4.69, 9.17) is 27.9 Å². The van der Waals surface area contributed by atoms with Gasteiger partial charge in [0.05, 0.1) is 12.1 Å². The molecular formula is C11H11Cl2NO2. The summed E-state index contributed by atoms with van der Waals surface area (Å²) in [6, 6.07) is 5.07. The fraction of sp³-hybridized carbons (Fsp3) is 0.364. The van der Waals surface area contributed by atoms with Gasteiger partial charge < -0.3 is 10.1 Å². The normalized spacial score (nSPS) is 16.7. The number of rotatable bonds is 3. The number of anilines is 1. The SMILES string of the molecule is COc1ccc(NC(=O)C2(Cl)CC2)cc1Cl. The molecule has 2 rings (SSSR count). The molecule has 0 atom stereocenters. The lowest BCUT2D eigenvalue weighted by Crippen LogP contribution is -2.24. The Bertz CT molecular complexity index is 430. The molecule has 1 aliphatic carbocycles. The molecule has 1 fully saturated rings. The van der Waals surface area contributed by atoms with E-state index in [2.05, 4.69) is 5.32 Å². The van der Waals surface area contributed by atoms with Crippen LogP contribution in [-0.2, 0) is 4.79 Å². The van der Waals surface area contributed by atoms with Crippen LogP contribution in [0, 0.1) is 0 Å². The molecular weight excluding hydrogens is 249 g/mol. The van der Waals surface area contributed by atoms with Gasteiger partial charge >= 0.3 is 0 Å². The highest BCUT2D eigenvalue weighted by Gasteiger charge is 2.48. The van der Waals surface area contributed by atoms with Crippen LogP contribution in [0.1, 0.15) is 12.8 Å². The molecule has 1 aliphatic rings. The molecule has 0 spiro atoms. The number of hydrogen-bond acceptors (Lipinski definition) is 2. The van der Waals surface area contributed by atoms with Gasteiger partial charge in [0.2, 0.25) is 5.91 Å². The van der Waals surface area contributed by atoms with Crippen molar-refractivity contribution in [2.24, 2.45) is 0 Å². The molecule has 1 amide bonds. The van der Waals surface area contributed by atoms with Gasteiger partial charge in [0.15, 0.2) is 0 Å². The Hall–Kier alpha value is -0.930. The van der Waals surface area contributed by atoms with Crippen molar-refractivity contribution in [1.29, 1.82) is 0 Å². The Morgan fingerprint density at radius 3 is 2.69 bits per heavy atom. The van der Waals surface area contributed by atoms with E-state index in [0.29, 0.717) is 16.5 Å². The zero-order valence-corrected chi connectivity index (χ0v) is 10.2. The predicted octanol–water partition coefficient (Wildman–Crippen LogP) is 3.06. The zero-order chi connectivity index (χ0) is 11.8. The number of ether oxygens (including phenoxy) is 1. The molecule has 1 aromatic carbocycles. The lowest BCUT2D eigenvalue weighted by Gasteiger charge is -2.10. The number of halogens is 2. The van der Waals surface area contributed by atoms with E-state index in [1.54, 1.807) is 18.2 Å². The third-order valence-electron chi connectivity index (χ3n) is 2.51. The van der Waals surface area contributed by atoms with Crippen molar-refractivity contribution < 1.29 is 9.53 Å². The van der Waals surface area contributed by atoms with E-state index >= 15 is 0 Å². The highest BCUT2D eigenvalue weighted by atomic mass is 35.5. The fourth-order valence-electron chi connectivity index (χ4n) is 1.32. The summed E-state index contributed by atoms with van der Waals surface area (Å²) in [7, 11) is 1.54. The van der Waals surface area contributed by atoms with E-state index in [0.717, 1.165) is 12.8 Å². The molecule has 3 nitrogen and oxygen atoms in total. The topological polar surface area (TPSA) is 38.3 Å². The minimum atomic E-state index is -0.702. The van der Waals surface area contributed by atoms with Crippen LogP contribution in [0.4, 0.5) is 5.69 Å². The summed E-state index contributed by atoms with van der Waals surface area (Å²) in [4.78, 5) is 10.9. The summed E-state index contributed by atoms with van der Waals surface area (Å²) in [5.74, 6) is 0.405. The average Bonchev–Trinajstić information content (AvgIpc) is 2.98. The molecule has 1 saturated carbocycles. The third kappa shape index (κ3) is 2.25. The maximum absolute atomic E-state index is 11.6. The number of alkyl halides is 1. The Morgan fingerprint density at radius 2 is 2.19 bits per heavy atom. The Balaban J connectivity index is 2.10. The van der Waals surface area contributed by atoms with Crippen molar-refractivity contribution in [2.45, 2.75) is 17.7 Å². The van der Waals surface area contributed by atoms with Gasteiger partial charge in [-0.3, -0.25) is 4.79 Å². The zero-order valence-electron chi connectivity index (χ0n) is 8.72. The molecule has 0 bridgehead atoms. The van der Waals surface area contributed by atoms with Gasteiger partial charge in [-0.25, -0.2) is 0 Å². The van der Waals surface area contributed by atoms with E-state index in [1.165, 1.54) is 7.11 Å². The third-order valence-corrected chi connectivity index (χ3v) is 3.35. The van der Waals surface area contributed by atoms with Gasteiger partial charge in [0, 0.05) is 5.69 Å². The summed E-state index contributed by atoms with van der Waals surface area (Å²) in [5, 5.41) is 3.18. The average molecular weight is 260 g/mol. The molecule has 0 unspecified atom stereocenters. The lowest BCUT2D eigenvalue weighted by molar-refractivity contribution is -0.116. The monoisotopic (exact) mass is 259 g/mol. The second kappa shape index (κ2) is 4.15. The number of nitrogens with one attached hydrogen (secondary N) is 1. The van der Waals surface area contributed by atoms with Crippen LogP contribution in [0.2, 0.25) is 5.02 Å². The molecule has 0 aliphatic heterocycles. The standard InChI is InChI=1S/C11H11Cl2NO2/c1-16-9-3-2-7(6-8(9)12)14-10(15)11(13)4-5-11/h2-3,6H,4-5H2,1H3,(H,14,15). The summed E-state index contributed by atoms with van der Waals surface area (Å²) < 4.78 is 5.01. The summed E-state index contributed by atoms with van der Waals surface area (Å²) in [6.07, 6.45) is 1.45. The molecule has 0 aromatic heterocycles. The minimum Gasteiger partial charge on any atom is -0.495 e. The molecule has 0 radical (unpaired) electrons. The maximum Gasteiger partial charge on any atom is 0.245 e. The first-order valence-corrected chi connectivity index (χ1v) is 5.65. The van der Waals surface area contributed by atoms with Gasteiger partial charge in [-0.2, -0.15) is 0 Å². The van der Waals surface area contributed by atoms with Crippen LogP contribution in [0.5, 0.6) is 5.75 Å². The van der Waals surface area contributed by atoms with E-state index in [-0.39, 0.29) is 5.91 Å². The van der Waals surface area contributed by atoms with E-state index in [1.807, 2.05) is 0 Å². The summed E-state index contributed by atoms with van der Waals surface area (Å²) in [6.45, 7) is 0. The van der Waals surface area contributed by atoms with Crippen molar-refractivity contribution in [2.75, 3.05) is 12.4 Å². The van der Waals surface area contributed by atoms with Gasteiger partial charge in [0.1, 0.15) is 10.6 Å². The Kier molecular flexibility index (Phi) is 3.00. The van der Waals surface area contributed by atoms with Gasteiger partial charge in [0.25, 0.3) is 0 Å². The maximum atomic E-state index is 11.6. The van der Waals surface area contributed by atoms with Crippen LogP contribution in [0.15, 0.2) is 18.2 Å². The van der Waals surface area contributed by atoms with Crippen LogP contribution in [0.25, 0.3) is 0 Å². The second-order valence-electron chi connectivity index (χ2n) is 3.77. The number of methoxy groups -OCH3 is 1. The highest BCUT2D eigenvalue weighted by Crippen LogP contribution is 2.43. The largest absolute Gasteiger partial charge is 0.495 e. The first-order valence-electron chi connectivity index (χ1n) is 4.89. The lowest BCUT2D eigenvalue weighted by atomic mass is 10.3. The summed E-state index contributed by atoms with van der Waals surface area (Å²) in [5.41, 5.74) is 0.628. The first-order chi connectivity index (χ1) is 7.55. The van der Waals surface area contributed by atoms with Crippen LogP contribution >= 0.6 is 23.2 Å². The molecule has 0 heterocycles. The van der Waals surface area contributed by atoms with Crippen LogP contribution in [-0.4, -0.2) is 17.9 Å². The van der Waals surface area contributed by atoms with E-state index < -0.39 is 4.87 Å². The Morgan fingerprint density at radius 1 is 1.50 bits per heavy atom. The Labute approximate surface area is 104 Å². The number of carbonyl (C=O) groups is 1. The smallest absolute Gasteiger partial charge is 0.245 e. The van der Waals surface area contributed by atoms with Crippen molar-refractivity contribution in [3.63, 3.8) is 0 Å². The van der Waals surface area contributed by atoms with Crippen molar-refractivity contribution in [1.82, 2.24) is 0 Å². The first kappa shape index (κ1) is 11.6. The number of amides is 1. The number of carbonyl (C=O) groups excluding carboxylic acids is 1. The highest BCUT2D eigenvalue weighted by molar-refractivity contribution is 6.39. The quantitative estimate of drug-likeness (QED) is 0.848. The van der Waals surface area contributed by atoms with Gasteiger partial charge in [-0.15, -0.1) is 11.6 Å². The van der Waals surface area contributed by atoms with Crippen LogP contribution < -0.4 is 10.1 Å². The van der Waals surface area contributed by atoms with Crippen LogP contribution in [0.3, 0.4) is 0 Å². The van der Waals surface area contributed by atoms with Crippen molar-refractivity contribution in [3.05, 3.63) is 23.2 Å². The van der Waals surface area contributed by atoms with E-state index in [9.17, 15) is 4.79 Å². The predicted molar refractivity (Wildman–Crippen MR) is 64.5 cm³/mol. The fourth-order valence-corrected chi connectivity index (χ4v) is 1.72. The second-order valence-corrected chi connectivity index (χ2v) is 4.90. The van der Waals surface area contributed by atoms with Crippen molar-refractivity contribution in [3.8, 4) is 5.75 Å². The van der Waals surface area contributed by atoms with Gasteiger partial charge in [-0.1, -0.05) is 11.6 Å². The minimum absolute atomic E-state index is 0.171.